The molecule has 1 aliphatic rings. The summed E-state index contributed by atoms with van der Waals surface area (Å²) in [4.78, 5) is 18.6. The summed E-state index contributed by atoms with van der Waals surface area (Å²) in [5, 5.41) is 14.0. The molecule has 0 amide bonds. The number of nitro groups is 1. The van der Waals surface area contributed by atoms with Crippen LogP contribution in [0.3, 0.4) is 0 Å². The van der Waals surface area contributed by atoms with Gasteiger partial charge in [0.05, 0.1) is 4.92 Å². The molecule has 1 heterocycles. The molecule has 20 heavy (non-hydrogen) atoms. The molecule has 0 spiro atoms. The van der Waals surface area contributed by atoms with Crippen LogP contribution in [0.5, 0.6) is 5.88 Å². The largest absolute Gasteiger partial charge is 0.469 e. The predicted octanol–water partition coefficient (Wildman–Crippen LogP) is 2.92. The summed E-state index contributed by atoms with van der Waals surface area (Å²) in [7, 11) is 0. The van der Waals surface area contributed by atoms with E-state index in [0.29, 0.717) is 12.5 Å². The third-order valence-electron chi connectivity index (χ3n) is 3.35. The molecule has 1 saturated carbocycles. The van der Waals surface area contributed by atoms with Gasteiger partial charge in [0.15, 0.2) is 0 Å². The summed E-state index contributed by atoms with van der Waals surface area (Å²) in [6.45, 7) is 2.57. The van der Waals surface area contributed by atoms with E-state index < -0.39 is 4.92 Å². The Labute approximate surface area is 117 Å². The molecule has 0 bridgehead atoms. The Morgan fingerprint density at radius 1 is 1.40 bits per heavy atom. The minimum Gasteiger partial charge on any atom is -0.469 e. The molecule has 0 aromatic carbocycles. The van der Waals surface area contributed by atoms with Crippen LogP contribution in [0.2, 0.25) is 0 Å². The number of nitrogens with one attached hydrogen (secondary N) is 1. The molecule has 2 rings (SSSR count). The first-order valence-corrected chi connectivity index (χ1v) is 7.12. The van der Waals surface area contributed by atoms with Gasteiger partial charge >= 0.3 is 5.69 Å². The maximum atomic E-state index is 11.0. The Kier molecular flexibility index (Phi) is 5.09. The van der Waals surface area contributed by atoms with Gasteiger partial charge in [0.1, 0.15) is 12.3 Å². The number of aromatic nitrogens is 2. The van der Waals surface area contributed by atoms with E-state index in [2.05, 4.69) is 15.3 Å². The number of ether oxygens (including phenoxy) is 1. The van der Waals surface area contributed by atoms with Crippen LogP contribution in [0.15, 0.2) is 6.20 Å². The number of nitrogens with zero attached hydrogens (tertiary/aromatic N) is 3. The highest BCUT2D eigenvalue weighted by atomic mass is 16.6. The molecule has 7 heteroatoms. The van der Waals surface area contributed by atoms with Gasteiger partial charge in [-0.1, -0.05) is 12.8 Å². The summed E-state index contributed by atoms with van der Waals surface area (Å²) in [5.74, 6) is 0.439. The topological polar surface area (TPSA) is 90.2 Å². The van der Waals surface area contributed by atoms with E-state index in [0.717, 1.165) is 25.7 Å². The van der Waals surface area contributed by atoms with Crippen molar-refractivity contribution < 1.29 is 9.66 Å². The number of rotatable bonds is 5. The molecule has 0 atom stereocenters. The number of hydrogen-bond donors (Lipinski definition) is 1. The second-order valence-electron chi connectivity index (χ2n) is 4.90. The van der Waals surface area contributed by atoms with E-state index in [1.807, 2.05) is 6.92 Å². The third-order valence-corrected chi connectivity index (χ3v) is 3.35. The highest BCUT2D eigenvalue weighted by Crippen LogP contribution is 2.28. The number of hydrogen-bond acceptors (Lipinski definition) is 6. The van der Waals surface area contributed by atoms with Crippen LogP contribution in [0.25, 0.3) is 0 Å². The van der Waals surface area contributed by atoms with Crippen molar-refractivity contribution in [1.29, 1.82) is 0 Å². The monoisotopic (exact) mass is 280 g/mol. The second kappa shape index (κ2) is 7.02. The fourth-order valence-electron chi connectivity index (χ4n) is 2.33. The zero-order valence-electron chi connectivity index (χ0n) is 11.7. The Hall–Kier alpha value is -1.92. The first kappa shape index (κ1) is 14.5. The molecule has 1 N–H and O–H groups in total. The normalized spacial score (nSPS) is 16.4. The average Bonchev–Trinajstić information content (AvgIpc) is 2.68. The van der Waals surface area contributed by atoms with Crippen molar-refractivity contribution in [2.75, 3.05) is 11.9 Å². The maximum Gasteiger partial charge on any atom is 0.349 e. The second-order valence-corrected chi connectivity index (χ2v) is 4.90. The zero-order valence-corrected chi connectivity index (χ0v) is 11.7. The van der Waals surface area contributed by atoms with Crippen LogP contribution < -0.4 is 10.1 Å². The van der Waals surface area contributed by atoms with Crippen LogP contribution in [0, 0.1) is 10.1 Å². The van der Waals surface area contributed by atoms with E-state index in [9.17, 15) is 10.1 Å². The van der Waals surface area contributed by atoms with Gasteiger partial charge in [-0.3, -0.25) is 10.1 Å². The lowest BCUT2D eigenvalue weighted by atomic mass is 10.1. The standard InChI is InChI=1S/C13H20N4O3/c1-2-14-13-15-9-11(17(18)19)12(16-13)20-10-7-5-3-4-6-8-10/h9-10H,2-8H2,1H3,(H,14,15,16). The van der Waals surface area contributed by atoms with Gasteiger partial charge in [-0.25, -0.2) is 4.98 Å². The predicted molar refractivity (Wildman–Crippen MR) is 75.0 cm³/mol. The van der Waals surface area contributed by atoms with E-state index in [-0.39, 0.29) is 17.7 Å². The Morgan fingerprint density at radius 3 is 2.70 bits per heavy atom. The van der Waals surface area contributed by atoms with E-state index in [1.54, 1.807) is 0 Å². The highest BCUT2D eigenvalue weighted by molar-refractivity contribution is 5.43. The smallest absolute Gasteiger partial charge is 0.349 e. The molecule has 0 saturated heterocycles. The molecule has 1 aromatic heterocycles. The zero-order chi connectivity index (χ0) is 14.4. The lowest BCUT2D eigenvalue weighted by molar-refractivity contribution is -0.386. The first-order valence-electron chi connectivity index (χ1n) is 7.12. The SMILES string of the molecule is CCNc1ncc([N+](=O)[O-])c(OC2CCCCCC2)n1. The minimum absolute atomic E-state index is 0.0144. The van der Waals surface area contributed by atoms with Crippen LogP contribution >= 0.6 is 0 Å². The van der Waals surface area contributed by atoms with Crippen LogP contribution in [0.1, 0.15) is 45.4 Å². The summed E-state index contributed by atoms with van der Waals surface area (Å²) in [5.41, 5.74) is -0.170. The molecule has 0 unspecified atom stereocenters. The summed E-state index contributed by atoms with van der Waals surface area (Å²) >= 11 is 0. The van der Waals surface area contributed by atoms with E-state index in [4.69, 9.17) is 4.74 Å². The fourth-order valence-corrected chi connectivity index (χ4v) is 2.33. The summed E-state index contributed by atoms with van der Waals surface area (Å²) in [6, 6.07) is 0. The van der Waals surface area contributed by atoms with Gasteiger partial charge in [-0.15, -0.1) is 0 Å². The van der Waals surface area contributed by atoms with Crippen molar-refractivity contribution in [3.8, 4) is 5.88 Å². The lowest BCUT2D eigenvalue weighted by Gasteiger charge is -2.16. The third kappa shape index (κ3) is 3.79. The molecule has 1 aliphatic carbocycles. The molecular weight excluding hydrogens is 260 g/mol. The van der Waals surface area contributed by atoms with Crippen molar-refractivity contribution in [2.45, 2.75) is 51.6 Å². The van der Waals surface area contributed by atoms with Gasteiger partial charge in [-0.05, 0) is 32.6 Å². The van der Waals surface area contributed by atoms with Crippen molar-refractivity contribution in [1.82, 2.24) is 9.97 Å². The number of anilines is 1. The molecule has 110 valence electrons. The quantitative estimate of drug-likeness (QED) is 0.506. The van der Waals surface area contributed by atoms with Gasteiger partial charge in [0, 0.05) is 6.54 Å². The van der Waals surface area contributed by atoms with Gasteiger partial charge in [0.2, 0.25) is 5.95 Å². The highest BCUT2D eigenvalue weighted by Gasteiger charge is 2.23. The molecule has 0 aliphatic heterocycles. The van der Waals surface area contributed by atoms with Gasteiger partial charge in [-0.2, -0.15) is 4.98 Å². The van der Waals surface area contributed by atoms with Crippen LogP contribution in [-0.2, 0) is 0 Å². The Morgan fingerprint density at radius 2 is 2.10 bits per heavy atom. The van der Waals surface area contributed by atoms with E-state index >= 15 is 0 Å². The molecule has 7 nitrogen and oxygen atoms in total. The summed E-state index contributed by atoms with van der Waals surface area (Å²) < 4.78 is 5.78. The summed E-state index contributed by atoms with van der Waals surface area (Å²) in [6.07, 6.45) is 7.68. The van der Waals surface area contributed by atoms with E-state index in [1.165, 1.54) is 19.0 Å². The van der Waals surface area contributed by atoms with Crippen molar-refractivity contribution in [2.24, 2.45) is 0 Å². The Bertz CT molecular complexity index is 459. The van der Waals surface area contributed by atoms with Crippen LogP contribution in [-0.4, -0.2) is 27.5 Å². The molecule has 1 aromatic rings. The average molecular weight is 280 g/mol. The molecule has 1 fully saturated rings. The lowest BCUT2D eigenvalue weighted by Crippen LogP contribution is -2.17. The van der Waals surface area contributed by atoms with Crippen molar-refractivity contribution in [3.63, 3.8) is 0 Å². The first-order chi connectivity index (χ1) is 9.70. The fraction of sp³-hybridized carbons (Fsp3) is 0.692. The minimum atomic E-state index is -0.498. The molecule has 0 radical (unpaired) electrons. The maximum absolute atomic E-state index is 11.0. The molecular formula is C13H20N4O3. The van der Waals surface area contributed by atoms with Gasteiger partial charge in [0.25, 0.3) is 5.88 Å². The van der Waals surface area contributed by atoms with Crippen LogP contribution in [0.4, 0.5) is 11.6 Å². The Balaban J connectivity index is 2.17. The van der Waals surface area contributed by atoms with Gasteiger partial charge < -0.3 is 10.1 Å². The van der Waals surface area contributed by atoms with Crippen molar-refractivity contribution in [3.05, 3.63) is 16.3 Å². The van der Waals surface area contributed by atoms with Crippen molar-refractivity contribution >= 4 is 11.6 Å².